The lowest BCUT2D eigenvalue weighted by atomic mass is 10.2. The predicted octanol–water partition coefficient (Wildman–Crippen LogP) is 3.04. The molecule has 6 nitrogen and oxygen atoms in total. The first-order valence-corrected chi connectivity index (χ1v) is 11.2. The topological polar surface area (TPSA) is 75.7 Å². The standard InChI is InChI=1S/C22H30N2O4S/c1-4-28-14-8-13-23-22(25)17-24(16-20-9-6-5-7-10-20)29(26,27)21-15-18(2)11-12-19(21)3/h5-7,9-12,15H,4,8,13-14,16-17H2,1-3H3,(H,23,25). The monoisotopic (exact) mass is 418 g/mol. The molecule has 2 rings (SSSR count). The predicted molar refractivity (Wildman–Crippen MR) is 114 cm³/mol. The van der Waals surface area contributed by atoms with E-state index in [0.29, 0.717) is 31.7 Å². The van der Waals surface area contributed by atoms with Crippen molar-refractivity contribution in [3.8, 4) is 0 Å². The second-order valence-corrected chi connectivity index (χ2v) is 8.83. The largest absolute Gasteiger partial charge is 0.382 e. The normalized spacial score (nSPS) is 11.6. The molecule has 2 aromatic carbocycles. The molecule has 0 bridgehead atoms. The number of ether oxygens (including phenoxy) is 1. The summed E-state index contributed by atoms with van der Waals surface area (Å²) in [5.74, 6) is -0.327. The lowest BCUT2D eigenvalue weighted by molar-refractivity contribution is -0.121. The van der Waals surface area contributed by atoms with E-state index in [4.69, 9.17) is 4.74 Å². The van der Waals surface area contributed by atoms with Gasteiger partial charge in [-0.2, -0.15) is 4.31 Å². The number of hydrogen-bond acceptors (Lipinski definition) is 4. The van der Waals surface area contributed by atoms with Gasteiger partial charge in [0.15, 0.2) is 0 Å². The summed E-state index contributed by atoms with van der Waals surface area (Å²) in [7, 11) is -3.84. The molecule has 0 heterocycles. The van der Waals surface area contributed by atoms with E-state index in [9.17, 15) is 13.2 Å². The van der Waals surface area contributed by atoms with Crippen LogP contribution in [-0.2, 0) is 26.1 Å². The summed E-state index contributed by atoms with van der Waals surface area (Å²) in [6.45, 7) is 7.06. The van der Waals surface area contributed by atoms with Gasteiger partial charge in [-0.15, -0.1) is 0 Å². The number of benzene rings is 2. The number of aryl methyl sites for hydroxylation is 2. The Morgan fingerprint density at radius 3 is 2.52 bits per heavy atom. The van der Waals surface area contributed by atoms with Gasteiger partial charge in [-0.25, -0.2) is 8.42 Å². The van der Waals surface area contributed by atoms with Crippen LogP contribution in [0.1, 0.15) is 30.0 Å². The van der Waals surface area contributed by atoms with E-state index >= 15 is 0 Å². The summed E-state index contributed by atoms with van der Waals surface area (Å²) in [6.07, 6.45) is 0.683. The van der Waals surface area contributed by atoms with Gasteiger partial charge in [0.2, 0.25) is 15.9 Å². The van der Waals surface area contributed by atoms with Crippen LogP contribution in [-0.4, -0.2) is 44.9 Å². The van der Waals surface area contributed by atoms with Gasteiger partial charge in [-0.05, 0) is 49.9 Å². The minimum Gasteiger partial charge on any atom is -0.382 e. The Kier molecular flexibility index (Phi) is 8.82. The van der Waals surface area contributed by atoms with Crippen LogP contribution in [0.3, 0.4) is 0 Å². The lowest BCUT2D eigenvalue weighted by Crippen LogP contribution is -2.41. The fraction of sp³-hybridized carbons (Fsp3) is 0.409. The Balaban J connectivity index is 2.20. The number of hydrogen-bond donors (Lipinski definition) is 1. The molecule has 1 amide bonds. The molecule has 158 valence electrons. The number of amides is 1. The Labute approximate surface area is 173 Å². The van der Waals surface area contributed by atoms with E-state index in [0.717, 1.165) is 11.1 Å². The highest BCUT2D eigenvalue weighted by Crippen LogP contribution is 2.23. The van der Waals surface area contributed by atoms with Crippen molar-refractivity contribution in [3.63, 3.8) is 0 Å². The van der Waals surface area contributed by atoms with Crippen molar-refractivity contribution in [2.45, 2.75) is 38.6 Å². The third kappa shape index (κ3) is 6.96. The molecule has 7 heteroatoms. The van der Waals surface area contributed by atoms with Crippen LogP contribution in [0.2, 0.25) is 0 Å². The van der Waals surface area contributed by atoms with E-state index in [1.807, 2.05) is 50.2 Å². The molecule has 0 saturated heterocycles. The van der Waals surface area contributed by atoms with Crippen molar-refractivity contribution in [1.82, 2.24) is 9.62 Å². The Hall–Kier alpha value is -2.22. The molecule has 1 N–H and O–H groups in total. The van der Waals surface area contributed by atoms with Crippen LogP contribution in [0.25, 0.3) is 0 Å². The Morgan fingerprint density at radius 2 is 1.83 bits per heavy atom. The fourth-order valence-electron chi connectivity index (χ4n) is 2.90. The van der Waals surface area contributed by atoms with E-state index < -0.39 is 10.0 Å². The first kappa shape index (κ1) is 23.1. The second kappa shape index (κ2) is 11.1. The summed E-state index contributed by atoms with van der Waals surface area (Å²) in [4.78, 5) is 12.7. The molecule has 0 atom stereocenters. The van der Waals surface area contributed by atoms with Crippen molar-refractivity contribution in [2.75, 3.05) is 26.3 Å². The Bertz CT molecular complexity index is 898. The molecule has 29 heavy (non-hydrogen) atoms. The molecule has 0 aliphatic rings. The van der Waals surface area contributed by atoms with Crippen LogP contribution >= 0.6 is 0 Å². The second-order valence-electron chi connectivity index (χ2n) is 6.93. The van der Waals surface area contributed by atoms with Gasteiger partial charge < -0.3 is 10.1 Å². The van der Waals surface area contributed by atoms with Crippen molar-refractivity contribution >= 4 is 15.9 Å². The SMILES string of the molecule is CCOCCCNC(=O)CN(Cc1ccccc1)S(=O)(=O)c1cc(C)ccc1C. The fourth-order valence-corrected chi connectivity index (χ4v) is 4.59. The van der Waals surface area contributed by atoms with Crippen LogP contribution in [0.5, 0.6) is 0 Å². The minimum absolute atomic E-state index is 0.128. The zero-order valence-electron chi connectivity index (χ0n) is 17.3. The molecule has 0 spiro atoms. The van der Waals surface area contributed by atoms with Gasteiger partial charge in [0.1, 0.15) is 0 Å². The van der Waals surface area contributed by atoms with E-state index in [1.165, 1.54) is 4.31 Å². The van der Waals surface area contributed by atoms with Crippen molar-refractivity contribution in [2.24, 2.45) is 0 Å². The average Bonchev–Trinajstić information content (AvgIpc) is 2.70. The average molecular weight is 419 g/mol. The van der Waals surface area contributed by atoms with Gasteiger partial charge in [0.25, 0.3) is 0 Å². The van der Waals surface area contributed by atoms with E-state index in [-0.39, 0.29) is 23.9 Å². The van der Waals surface area contributed by atoms with Gasteiger partial charge in [-0.3, -0.25) is 4.79 Å². The molecule has 2 aromatic rings. The summed E-state index contributed by atoms with van der Waals surface area (Å²) >= 11 is 0. The van der Waals surface area contributed by atoms with Gasteiger partial charge >= 0.3 is 0 Å². The van der Waals surface area contributed by atoms with Gasteiger partial charge in [0, 0.05) is 26.3 Å². The molecule has 0 saturated carbocycles. The molecular weight excluding hydrogens is 388 g/mol. The molecule has 0 fully saturated rings. The number of sulfonamides is 1. The highest BCUT2D eigenvalue weighted by molar-refractivity contribution is 7.89. The Morgan fingerprint density at radius 1 is 1.10 bits per heavy atom. The maximum absolute atomic E-state index is 13.4. The summed E-state index contributed by atoms with van der Waals surface area (Å²) in [6, 6.07) is 14.6. The zero-order valence-corrected chi connectivity index (χ0v) is 18.2. The first-order chi connectivity index (χ1) is 13.8. The molecular formula is C22H30N2O4S. The van der Waals surface area contributed by atoms with Crippen LogP contribution in [0, 0.1) is 13.8 Å². The minimum atomic E-state index is -3.84. The lowest BCUT2D eigenvalue weighted by Gasteiger charge is -2.23. The summed E-state index contributed by atoms with van der Waals surface area (Å²) in [5, 5.41) is 2.78. The molecule has 0 aliphatic carbocycles. The third-order valence-corrected chi connectivity index (χ3v) is 6.41. The highest BCUT2D eigenvalue weighted by Gasteiger charge is 2.28. The number of carbonyl (C=O) groups is 1. The molecule has 0 aromatic heterocycles. The quantitative estimate of drug-likeness (QED) is 0.569. The maximum Gasteiger partial charge on any atom is 0.244 e. The number of nitrogens with zero attached hydrogens (tertiary/aromatic N) is 1. The molecule has 0 unspecified atom stereocenters. The first-order valence-electron chi connectivity index (χ1n) is 9.80. The maximum atomic E-state index is 13.4. The molecule has 0 radical (unpaired) electrons. The van der Waals surface area contributed by atoms with E-state index in [2.05, 4.69) is 5.32 Å². The highest BCUT2D eigenvalue weighted by atomic mass is 32.2. The van der Waals surface area contributed by atoms with Crippen molar-refractivity contribution in [3.05, 3.63) is 65.2 Å². The number of nitrogens with one attached hydrogen (secondary N) is 1. The van der Waals surface area contributed by atoms with Crippen LogP contribution in [0.15, 0.2) is 53.4 Å². The van der Waals surface area contributed by atoms with Crippen molar-refractivity contribution < 1.29 is 17.9 Å². The third-order valence-electron chi connectivity index (χ3n) is 4.47. The van der Waals surface area contributed by atoms with Crippen LogP contribution in [0.4, 0.5) is 0 Å². The summed E-state index contributed by atoms with van der Waals surface area (Å²) in [5.41, 5.74) is 2.34. The molecule has 0 aliphatic heterocycles. The smallest absolute Gasteiger partial charge is 0.244 e. The van der Waals surface area contributed by atoms with Crippen molar-refractivity contribution in [1.29, 1.82) is 0 Å². The summed E-state index contributed by atoms with van der Waals surface area (Å²) < 4.78 is 33.3. The van der Waals surface area contributed by atoms with Gasteiger partial charge in [0.05, 0.1) is 11.4 Å². The number of rotatable bonds is 11. The zero-order chi connectivity index (χ0) is 21.3. The number of carbonyl (C=O) groups excluding carboxylic acids is 1. The van der Waals surface area contributed by atoms with E-state index in [1.54, 1.807) is 19.1 Å². The van der Waals surface area contributed by atoms with Crippen LogP contribution < -0.4 is 5.32 Å². The van der Waals surface area contributed by atoms with Gasteiger partial charge in [-0.1, -0.05) is 42.5 Å².